The first-order valence-electron chi connectivity index (χ1n) is 2.26. The predicted octanol–water partition coefficient (Wildman–Crippen LogP) is 1.12. The molecule has 0 rings (SSSR count). The van der Waals surface area contributed by atoms with Crippen LogP contribution in [-0.2, 0) is 0 Å². The van der Waals surface area contributed by atoms with Crippen molar-refractivity contribution in [3.63, 3.8) is 0 Å². The van der Waals surface area contributed by atoms with Gasteiger partial charge in [-0.25, -0.2) is 0 Å². The van der Waals surface area contributed by atoms with Crippen molar-refractivity contribution in [2.75, 3.05) is 6.61 Å². The van der Waals surface area contributed by atoms with Crippen LogP contribution in [0.25, 0.3) is 0 Å². The number of allylic oxidation sites excluding steroid dienone is 1. The summed E-state index contributed by atoms with van der Waals surface area (Å²) in [5.74, 6) is 5.28. The van der Waals surface area contributed by atoms with Crippen LogP contribution in [0.2, 0.25) is 0 Å². The second kappa shape index (κ2) is 6.55. The molecule has 44 valence electrons. The zero-order chi connectivity index (χ0) is 6.24. The van der Waals surface area contributed by atoms with Gasteiger partial charge in [0.15, 0.2) is 0 Å². The summed E-state index contributed by atoms with van der Waals surface area (Å²) >= 11 is 5.13. The van der Waals surface area contributed by atoms with E-state index in [1.165, 1.54) is 11.6 Å². The van der Waals surface area contributed by atoms with E-state index in [1.54, 1.807) is 0 Å². The molecule has 0 aromatic rings. The average Bonchev–Trinajstić information content (AvgIpc) is 1.81. The Morgan fingerprint density at radius 3 is 2.88 bits per heavy atom. The minimum Gasteiger partial charge on any atom is -0.395 e. The molecule has 0 aromatic heterocycles. The van der Waals surface area contributed by atoms with Crippen LogP contribution in [0.5, 0.6) is 0 Å². The minimum atomic E-state index is 0.114. The maximum absolute atomic E-state index is 8.21. The number of hydrogen-bond donors (Lipinski definition) is 1. The standard InChI is InChI=1S/C6H7ClO/c7-5-3-1-2-4-6-8/h3,5,8H,4,6H2/b5-3+. The van der Waals surface area contributed by atoms with Crippen LogP contribution in [0.1, 0.15) is 6.42 Å². The molecular formula is C6H7ClO. The van der Waals surface area contributed by atoms with Gasteiger partial charge in [-0.05, 0) is 6.08 Å². The van der Waals surface area contributed by atoms with Gasteiger partial charge in [0.2, 0.25) is 0 Å². The highest BCUT2D eigenvalue weighted by atomic mass is 35.5. The van der Waals surface area contributed by atoms with Crippen molar-refractivity contribution in [2.24, 2.45) is 0 Å². The third-order valence-electron chi connectivity index (χ3n) is 0.485. The van der Waals surface area contributed by atoms with Crippen molar-refractivity contribution < 1.29 is 5.11 Å². The van der Waals surface area contributed by atoms with E-state index < -0.39 is 0 Å². The highest BCUT2D eigenvalue weighted by Gasteiger charge is 1.66. The number of hydrogen-bond acceptors (Lipinski definition) is 1. The third kappa shape index (κ3) is 5.55. The second-order valence-corrected chi connectivity index (χ2v) is 1.34. The molecule has 0 aliphatic rings. The molecule has 0 unspecified atom stereocenters. The molecule has 0 atom stereocenters. The van der Waals surface area contributed by atoms with Gasteiger partial charge < -0.3 is 5.11 Å². The average molecular weight is 131 g/mol. The molecule has 0 aliphatic heterocycles. The van der Waals surface area contributed by atoms with Crippen LogP contribution in [0.4, 0.5) is 0 Å². The van der Waals surface area contributed by atoms with Crippen molar-refractivity contribution >= 4 is 11.6 Å². The SMILES string of the molecule is OCCC#C/C=C/Cl. The van der Waals surface area contributed by atoms with Crippen molar-refractivity contribution in [1.82, 2.24) is 0 Å². The Balaban J connectivity index is 3.21. The van der Waals surface area contributed by atoms with Crippen molar-refractivity contribution in [2.45, 2.75) is 6.42 Å². The van der Waals surface area contributed by atoms with Gasteiger partial charge in [0.1, 0.15) is 0 Å². The van der Waals surface area contributed by atoms with E-state index in [0.717, 1.165) is 0 Å². The summed E-state index contributed by atoms with van der Waals surface area (Å²) in [6, 6.07) is 0. The van der Waals surface area contributed by atoms with E-state index in [-0.39, 0.29) is 6.61 Å². The highest BCUT2D eigenvalue weighted by Crippen LogP contribution is 1.75. The fraction of sp³-hybridized carbons (Fsp3) is 0.333. The van der Waals surface area contributed by atoms with E-state index in [4.69, 9.17) is 16.7 Å². The summed E-state index contributed by atoms with van der Waals surface area (Å²) in [5.41, 5.74) is 1.34. The molecule has 0 radical (unpaired) electrons. The normalized spacial score (nSPS) is 8.75. The van der Waals surface area contributed by atoms with Gasteiger partial charge in [0.25, 0.3) is 0 Å². The summed E-state index contributed by atoms with van der Waals surface area (Å²) in [5, 5.41) is 8.21. The summed E-state index contributed by atoms with van der Waals surface area (Å²) in [7, 11) is 0. The summed E-state index contributed by atoms with van der Waals surface area (Å²) < 4.78 is 0. The molecule has 8 heavy (non-hydrogen) atoms. The fourth-order valence-electron chi connectivity index (χ4n) is 0.218. The van der Waals surface area contributed by atoms with Gasteiger partial charge in [-0.15, -0.1) is 0 Å². The highest BCUT2D eigenvalue weighted by molar-refractivity contribution is 6.25. The summed E-state index contributed by atoms with van der Waals surface area (Å²) in [6.07, 6.45) is 2.04. The van der Waals surface area contributed by atoms with E-state index in [9.17, 15) is 0 Å². The quantitative estimate of drug-likeness (QED) is 0.528. The smallest absolute Gasteiger partial charge is 0.0540 e. The van der Waals surface area contributed by atoms with Gasteiger partial charge in [0, 0.05) is 12.0 Å². The van der Waals surface area contributed by atoms with Crippen molar-refractivity contribution in [3.8, 4) is 11.8 Å². The molecule has 0 saturated heterocycles. The molecular weight excluding hydrogens is 124 g/mol. The lowest BCUT2D eigenvalue weighted by molar-refractivity contribution is 0.305. The van der Waals surface area contributed by atoms with E-state index >= 15 is 0 Å². The molecule has 2 heteroatoms. The largest absolute Gasteiger partial charge is 0.395 e. The molecule has 0 aromatic carbocycles. The number of aliphatic hydroxyl groups is 1. The Morgan fingerprint density at radius 2 is 2.38 bits per heavy atom. The number of aliphatic hydroxyl groups excluding tert-OH is 1. The summed E-state index contributed by atoms with van der Waals surface area (Å²) in [6.45, 7) is 0.114. The van der Waals surface area contributed by atoms with Crippen LogP contribution < -0.4 is 0 Å². The van der Waals surface area contributed by atoms with Crippen LogP contribution in [0.15, 0.2) is 11.6 Å². The molecule has 0 aliphatic carbocycles. The lowest BCUT2D eigenvalue weighted by Crippen LogP contribution is -1.74. The first kappa shape index (κ1) is 7.55. The van der Waals surface area contributed by atoms with Gasteiger partial charge in [-0.3, -0.25) is 0 Å². The second-order valence-electron chi connectivity index (χ2n) is 1.09. The van der Waals surface area contributed by atoms with Gasteiger partial charge in [-0.2, -0.15) is 0 Å². The van der Waals surface area contributed by atoms with Crippen LogP contribution in [0, 0.1) is 11.8 Å². The van der Waals surface area contributed by atoms with Crippen molar-refractivity contribution in [3.05, 3.63) is 11.6 Å². The monoisotopic (exact) mass is 130 g/mol. The Bertz CT molecular complexity index is 118. The lowest BCUT2D eigenvalue weighted by Gasteiger charge is -1.73. The van der Waals surface area contributed by atoms with E-state index in [1.807, 2.05) is 0 Å². The Hall–Kier alpha value is -0.450. The number of rotatable bonds is 1. The van der Waals surface area contributed by atoms with Gasteiger partial charge in [0.05, 0.1) is 6.61 Å². The Labute approximate surface area is 54.0 Å². The minimum absolute atomic E-state index is 0.114. The fourth-order valence-corrected chi connectivity index (χ4v) is 0.281. The predicted molar refractivity (Wildman–Crippen MR) is 34.5 cm³/mol. The van der Waals surface area contributed by atoms with E-state index in [2.05, 4.69) is 11.8 Å². The Kier molecular flexibility index (Phi) is 6.18. The summed E-state index contributed by atoms with van der Waals surface area (Å²) in [4.78, 5) is 0. The first-order chi connectivity index (χ1) is 3.91. The zero-order valence-corrected chi connectivity index (χ0v) is 5.15. The molecule has 1 nitrogen and oxygen atoms in total. The molecule has 0 bridgehead atoms. The van der Waals surface area contributed by atoms with Crippen LogP contribution in [-0.4, -0.2) is 11.7 Å². The molecule has 0 fully saturated rings. The third-order valence-corrected chi connectivity index (χ3v) is 0.611. The van der Waals surface area contributed by atoms with Crippen molar-refractivity contribution in [1.29, 1.82) is 0 Å². The van der Waals surface area contributed by atoms with Crippen LogP contribution in [0.3, 0.4) is 0 Å². The molecule has 0 heterocycles. The van der Waals surface area contributed by atoms with Gasteiger partial charge in [-0.1, -0.05) is 23.4 Å². The van der Waals surface area contributed by atoms with Crippen LogP contribution >= 0.6 is 11.6 Å². The maximum atomic E-state index is 8.21. The topological polar surface area (TPSA) is 20.2 Å². The Morgan fingerprint density at radius 1 is 1.62 bits per heavy atom. The first-order valence-corrected chi connectivity index (χ1v) is 2.70. The molecule has 0 amide bonds. The van der Waals surface area contributed by atoms with Gasteiger partial charge >= 0.3 is 0 Å². The lowest BCUT2D eigenvalue weighted by atomic mass is 10.4. The zero-order valence-electron chi connectivity index (χ0n) is 4.39. The maximum Gasteiger partial charge on any atom is 0.0540 e. The molecule has 1 N–H and O–H groups in total. The van der Waals surface area contributed by atoms with E-state index in [0.29, 0.717) is 6.42 Å². The number of halogens is 1. The molecule has 0 saturated carbocycles. The molecule has 0 spiro atoms.